The van der Waals surface area contributed by atoms with Gasteiger partial charge in [-0.05, 0) is 60.2 Å². The zero-order chi connectivity index (χ0) is 21.6. The Morgan fingerprint density at radius 3 is 2.47 bits per heavy atom. The molecule has 2 saturated heterocycles. The van der Waals surface area contributed by atoms with Crippen molar-refractivity contribution in [2.24, 2.45) is 5.92 Å². The number of benzene rings is 2. The van der Waals surface area contributed by atoms with Gasteiger partial charge in [-0.1, -0.05) is 48.3 Å². The van der Waals surface area contributed by atoms with Gasteiger partial charge in [-0.3, -0.25) is 9.59 Å². The third-order valence-electron chi connectivity index (χ3n) is 6.48. The van der Waals surface area contributed by atoms with Crippen LogP contribution in [0.3, 0.4) is 0 Å². The number of ether oxygens (including phenoxy) is 2. The van der Waals surface area contributed by atoms with Crippen LogP contribution in [0.4, 0.5) is 0 Å². The Labute approximate surface area is 186 Å². The minimum absolute atomic E-state index is 0.128. The van der Waals surface area contributed by atoms with Crippen LogP contribution >= 0.6 is 23.2 Å². The number of hydrogen-bond acceptors (Lipinski definition) is 4. The maximum atomic E-state index is 13.6. The van der Waals surface area contributed by atoms with E-state index in [1.165, 1.54) is 0 Å². The molecule has 0 aromatic heterocycles. The van der Waals surface area contributed by atoms with Gasteiger partial charge in [0.05, 0.1) is 16.7 Å². The van der Waals surface area contributed by atoms with E-state index < -0.39 is 17.6 Å². The Morgan fingerprint density at radius 1 is 1.10 bits per heavy atom. The van der Waals surface area contributed by atoms with E-state index in [4.69, 9.17) is 32.7 Å². The zero-order valence-corrected chi connectivity index (χ0v) is 18.7. The topological polar surface area (TPSA) is 52.6 Å². The molecule has 4 nitrogen and oxygen atoms in total. The molecule has 0 N–H and O–H groups in total. The van der Waals surface area contributed by atoms with Crippen LogP contribution in [-0.4, -0.2) is 37.0 Å². The summed E-state index contributed by atoms with van der Waals surface area (Å²) in [6.45, 7) is 4.21. The van der Waals surface area contributed by atoms with Crippen molar-refractivity contribution in [2.45, 2.75) is 44.3 Å². The SMILES string of the molecule is CCc1ccc(-c2ccc(Cl)c(Cl)c2)cc1C1C(=O)[C@@H]2CC(COC)[C@@](C)(O2)C1=O. The van der Waals surface area contributed by atoms with Gasteiger partial charge in [0, 0.05) is 13.0 Å². The number of hydrogen-bond donors (Lipinski definition) is 0. The van der Waals surface area contributed by atoms with Gasteiger partial charge in [0.2, 0.25) is 0 Å². The molecule has 2 fully saturated rings. The molecule has 4 atom stereocenters. The molecule has 2 aliphatic heterocycles. The predicted molar refractivity (Wildman–Crippen MR) is 117 cm³/mol. The fourth-order valence-corrected chi connectivity index (χ4v) is 5.02. The van der Waals surface area contributed by atoms with Crippen LogP contribution in [0.15, 0.2) is 36.4 Å². The molecule has 4 rings (SSSR count). The fraction of sp³-hybridized carbons (Fsp3) is 0.417. The summed E-state index contributed by atoms with van der Waals surface area (Å²) in [5.41, 5.74) is 2.50. The van der Waals surface area contributed by atoms with Gasteiger partial charge in [0.1, 0.15) is 17.6 Å². The van der Waals surface area contributed by atoms with Crippen LogP contribution in [-0.2, 0) is 25.5 Å². The third kappa shape index (κ3) is 3.40. The average molecular weight is 447 g/mol. The molecule has 0 saturated carbocycles. The molecule has 2 aliphatic rings. The van der Waals surface area contributed by atoms with Crippen molar-refractivity contribution in [3.05, 3.63) is 57.6 Å². The summed E-state index contributed by atoms with van der Waals surface area (Å²) in [7, 11) is 1.60. The molecule has 6 heteroatoms. The first-order valence-electron chi connectivity index (χ1n) is 10.1. The second kappa shape index (κ2) is 8.08. The lowest BCUT2D eigenvalue weighted by molar-refractivity contribution is -0.164. The number of halogens is 2. The van der Waals surface area contributed by atoms with E-state index >= 15 is 0 Å². The van der Waals surface area contributed by atoms with E-state index in [1.54, 1.807) is 26.2 Å². The quantitative estimate of drug-likeness (QED) is 0.587. The van der Waals surface area contributed by atoms with Crippen molar-refractivity contribution in [2.75, 3.05) is 13.7 Å². The highest BCUT2D eigenvalue weighted by atomic mass is 35.5. The number of carbonyl (C=O) groups is 2. The van der Waals surface area contributed by atoms with Gasteiger partial charge < -0.3 is 9.47 Å². The van der Waals surface area contributed by atoms with Gasteiger partial charge in [-0.2, -0.15) is 0 Å². The maximum absolute atomic E-state index is 13.6. The molecule has 0 amide bonds. The molecule has 2 unspecified atom stereocenters. The van der Waals surface area contributed by atoms with Crippen molar-refractivity contribution in [1.82, 2.24) is 0 Å². The standard InChI is InChI=1S/C24H24Cl2O4/c1-4-13-5-6-14(15-7-8-18(25)19(26)10-15)9-17(13)21-22(27)20-11-16(12-29-3)24(2,30-20)23(21)28/h5-10,16,20-21H,4,11-12H2,1-3H3/t16?,20-,21?,24+/m0/s1. The van der Waals surface area contributed by atoms with Crippen molar-refractivity contribution < 1.29 is 19.1 Å². The molecule has 0 radical (unpaired) electrons. The number of aryl methyl sites for hydroxylation is 1. The number of carbonyl (C=O) groups excluding carboxylic acids is 2. The number of ketones is 2. The van der Waals surface area contributed by atoms with Crippen LogP contribution < -0.4 is 0 Å². The third-order valence-corrected chi connectivity index (χ3v) is 7.22. The monoisotopic (exact) mass is 446 g/mol. The minimum atomic E-state index is -1.01. The van der Waals surface area contributed by atoms with Gasteiger partial charge >= 0.3 is 0 Å². The minimum Gasteiger partial charge on any atom is -0.384 e. The fourth-order valence-electron chi connectivity index (χ4n) is 4.72. The van der Waals surface area contributed by atoms with E-state index in [0.717, 1.165) is 28.7 Å². The lowest BCUT2D eigenvalue weighted by atomic mass is 9.76. The molecule has 2 aromatic rings. The Bertz CT molecular complexity index is 1020. The molecule has 30 heavy (non-hydrogen) atoms. The van der Waals surface area contributed by atoms with Crippen LogP contribution in [0.2, 0.25) is 10.0 Å². The normalized spacial score (nSPS) is 28.2. The maximum Gasteiger partial charge on any atom is 0.179 e. The van der Waals surface area contributed by atoms with E-state index in [1.807, 2.05) is 31.2 Å². The molecule has 2 heterocycles. The zero-order valence-electron chi connectivity index (χ0n) is 17.2. The first-order valence-corrected chi connectivity index (χ1v) is 10.9. The van der Waals surface area contributed by atoms with Crippen LogP contribution in [0, 0.1) is 5.92 Å². The van der Waals surface area contributed by atoms with Gasteiger partial charge in [-0.25, -0.2) is 0 Å². The van der Waals surface area contributed by atoms with Crippen molar-refractivity contribution in [3.63, 3.8) is 0 Å². The first kappa shape index (κ1) is 21.5. The number of Topliss-reactive ketones (excluding diaryl/α,β-unsaturated/α-hetero) is 2. The second-order valence-electron chi connectivity index (χ2n) is 8.20. The van der Waals surface area contributed by atoms with E-state index in [9.17, 15) is 9.59 Å². The first-order chi connectivity index (χ1) is 14.3. The van der Waals surface area contributed by atoms with E-state index in [-0.39, 0.29) is 17.5 Å². The number of fused-ring (bicyclic) bond motifs is 2. The van der Waals surface area contributed by atoms with Gasteiger partial charge in [-0.15, -0.1) is 0 Å². The summed E-state index contributed by atoms with van der Waals surface area (Å²) in [4.78, 5) is 26.9. The van der Waals surface area contributed by atoms with Gasteiger partial charge in [0.15, 0.2) is 11.6 Å². The lowest BCUT2D eigenvalue weighted by Crippen LogP contribution is -2.52. The second-order valence-corrected chi connectivity index (χ2v) is 9.01. The summed E-state index contributed by atoms with van der Waals surface area (Å²) in [5, 5.41) is 0.941. The summed E-state index contributed by atoms with van der Waals surface area (Å²) >= 11 is 12.3. The van der Waals surface area contributed by atoms with E-state index in [2.05, 4.69) is 0 Å². The molecule has 158 valence electrons. The van der Waals surface area contributed by atoms with Crippen molar-refractivity contribution in [3.8, 4) is 11.1 Å². The Hall–Kier alpha value is -1.72. The Kier molecular flexibility index (Phi) is 5.80. The molecule has 0 aliphatic carbocycles. The molecular weight excluding hydrogens is 423 g/mol. The largest absolute Gasteiger partial charge is 0.384 e. The molecule has 2 aromatic carbocycles. The van der Waals surface area contributed by atoms with Crippen LogP contribution in [0.25, 0.3) is 11.1 Å². The van der Waals surface area contributed by atoms with Crippen molar-refractivity contribution >= 4 is 34.8 Å². The van der Waals surface area contributed by atoms with E-state index in [0.29, 0.717) is 23.1 Å². The van der Waals surface area contributed by atoms with Crippen LogP contribution in [0.5, 0.6) is 0 Å². The predicted octanol–water partition coefficient (Wildman–Crippen LogP) is 5.27. The highest BCUT2D eigenvalue weighted by molar-refractivity contribution is 6.42. The van der Waals surface area contributed by atoms with Crippen molar-refractivity contribution in [1.29, 1.82) is 0 Å². The Morgan fingerprint density at radius 2 is 1.80 bits per heavy atom. The average Bonchev–Trinajstić information content (AvgIpc) is 3.04. The molecule has 2 bridgehead atoms. The summed E-state index contributed by atoms with van der Waals surface area (Å²) in [5.74, 6) is -1.29. The number of methoxy groups -OCH3 is 1. The van der Waals surface area contributed by atoms with Crippen LogP contribution in [0.1, 0.15) is 37.3 Å². The number of rotatable bonds is 5. The Balaban J connectivity index is 1.80. The highest BCUT2D eigenvalue weighted by Gasteiger charge is 2.60. The smallest absolute Gasteiger partial charge is 0.179 e. The van der Waals surface area contributed by atoms with Gasteiger partial charge in [0.25, 0.3) is 0 Å². The molecular formula is C24H24Cl2O4. The highest BCUT2D eigenvalue weighted by Crippen LogP contribution is 2.47. The summed E-state index contributed by atoms with van der Waals surface area (Å²) in [6.07, 6.45) is 0.660. The molecule has 0 spiro atoms. The lowest BCUT2D eigenvalue weighted by Gasteiger charge is -2.36. The summed E-state index contributed by atoms with van der Waals surface area (Å²) in [6, 6.07) is 11.3. The summed E-state index contributed by atoms with van der Waals surface area (Å²) < 4.78 is 11.2.